The van der Waals surface area contributed by atoms with E-state index in [9.17, 15) is 0 Å². The van der Waals surface area contributed by atoms with Crippen molar-refractivity contribution in [3.05, 3.63) is 11.8 Å². The van der Waals surface area contributed by atoms with Crippen molar-refractivity contribution in [2.45, 2.75) is 25.8 Å². The predicted octanol–water partition coefficient (Wildman–Crippen LogP) is 0.958. The summed E-state index contributed by atoms with van der Waals surface area (Å²) in [7, 11) is 0. The Morgan fingerprint density at radius 3 is 3.20 bits per heavy atom. The third-order valence-corrected chi connectivity index (χ3v) is 2.49. The highest BCUT2D eigenvalue weighted by Crippen LogP contribution is 2.16. The topological polar surface area (TPSA) is 73.1 Å². The first kappa shape index (κ1) is 10.2. The van der Waals surface area contributed by atoms with Gasteiger partial charge in [-0.05, 0) is 19.8 Å². The molecule has 0 aliphatic carbocycles. The summed E-state index contributed by atoms with van der Waals surface area (Å²) < 4.78 is 5.39. The summed E-state index contributed by atoms with van der Waals surface area (Å²) in [5, 5.41) is 3.33. The van der Waals surface area contributed by atoms with Crippen LogP contribution in [0.5, 0.6) is 0 Å². The van der Waals surface area contributed by atoms with E-state index < -0.39 is 0 Å². The van der Waals surface area contributed by atoms with Crippen LogP contribution in [0.15, 0.2) is 6.20 Å². The largest absolute Gasteiger partial charge is 0.379 e. The number of nitrogens with zero attached hydrogens (tertiary/aromatic N) is 2. The second-order valence-corrected chi connectivity index (χ2v) is 3.82. The van der Waals surface area contributed by atoms with Gasteiger partial charge in [-0.3, -0.25) is 0 Å². The van der Waals surface area contributed by atoms with Crippen LogP contribution in [0.25, 0.3) is 0 Å². The molecule has 1 saturated heterocycles. The summed E-state index contributed by atoms with van der Waals surface area (Å²) in [4.78, 5) is 8.09. The molecule has 1 aromatic rings. The quantitative estimate of drug-likeness (QED) is 0.757. The molecule has 0 amide bonds. The van der Waals surface area contributed by atoms with Gasteiger partial charge in [0.1, 0.15) is 5.82 Å². The average molecular weight is 208 g/mol. The molecule has 0 bridgehead atoms. The normalized spacial score (nSPS) is 21.3. The van der Waals surface area contributed by atoms with E-state index in [1.54, 1.807) is 6.20 Å². The third-order valence-electron chi connectivity index (χ3n) is 2.49. The van der Waals surface area contributed by atoms with Crippen LogP contribution in [0, 0.1) is 6.92 Å². The summed E-state index contributed by atoms with van der Waals surface area (Å²) in [6.45, 7) is 3.57. The summed E-state index contributed by atoms with van der Waals surface area (Å²) in [5.41, 5.74) is 6.55. The Balaban J connectivity index is 2.05. The van der Waals surface area contributed by atoms with Gasteiger partial charge in [-0.2, -0.15) is 4.98 Å². The molecule has 0 saturated carbocycles. The van der Waals surface area contributed by atoms with E-state index in [1.165, 1.54) is 0 Å². The molecule has 1 aliphatic heterocycles. The highest BCUT2D eigenvalue weighted by Gasteiger charge is 2.15. The molecule has 82 valence electrons. The standard InChI is InChI=1S/C10H16N4O/c1-7-5-12-10(11)14-9(7)13-8-3-2-4-15-6-8/h5,8H,2-4,6H2,1H3,(H3,11,12,13,14). The molecule has 15 heavy (non-hydrogen) atoms. The number of aromatic nitrogens is 2. The minimum atomic E-state index is 0.305. The number of hydrogen-bond donors (Lipinski definition) is 2. The van der Waals surface area contributed by atoms with Crippen molar-refractivity contribution >= 4 is 11.8 Å². The van der Waals surface area contributed by atoms with Gasteiger partial charge in [-0.1, -0.05) is 0 Å². The van der Waals surface area contributed by atoms with Crippen molar-refractivity contribution in [3.8, 4) is 0 Å². The second-order valence-electron chi connectivity index (χ2n) is 3.82. The lowest BCUT2D eigenvalue weighted by Crippen LogP contribution is -2.30. The molecule has 0 spiro atoms. The Hall–Kier alpha value is -1.36. The van der Waals surface area contributed by atoms with Gasteiger partial charge in [0.25, 0.3) is 0 Å². The fraction of sp³-hybridized carbons (Fsp3) is 0.600. The van der Waals surface area contributed by atoms with Crippen LogP contribution in [0.4, 0.5) is 11.8 Å². The molecular weight excluding hydrogens is 192 g/mol. The molecule has 0 aromatic carbocycles. The van der Waals surface area contributed by atoms with Crippen LogP contribution in [-0.2, 0) is 4.74 Å². The zero-order valence-corrected chi connectivity index (χ0v) is 8.86. The van der Waals surface area contributed by atoms with Crippen LogP contribution in [0.3, 0.4) is 0 Å². The maximum absolute atomic E-state index is 5.54. The molecule has 1 aromatic heterocycles. The van der Waals surface area contributed by atoms with Crippen molar-refractivity contribution < 1.29 is 4.74 Å². The summed E-state index contributed by atoms with van der Waals surface area (Å²) in [5.74, 6) is 1.12. The van der Waals surface area contributed by atoms with E-state index in [1.807, 2.05) is 6.92 Å². The summed E-state index contributed by atoms with van der Waals surface area (Å²) in [6, 6.07) is 0.340. The van der Waals surface area contributed by atoms with E-state index in [0.717, 1.165) is 37.4 Å². The Labute approximate surface area is 89.1 Å². The van der Waals surface area contributed by atoms with Gasteiger partial charge in [0.15, 0.2) is 0 Å². The molecule has 2 rings (SSSR count). The maximum Gasteiger partial charge on any atom is 0.221 e. The third kappa shape index (κ3) is 2.56. The van der Waals surface area contributed by atoms with Crippen LogP contribution in [0.2, 0.25) is 0 Å². The predicted molar refractivity (Wildman–Crippen MR) is 58.6 cm³/mol. The smallest absolute Gasteiger partial charge is 0.221 e. The number of rotatable bonds is 2. The van der Waals surface area contributed by atoms with Crippen molar-refractivity contribution in [1.82, 2.24) is 9.97 Å². The summed E-state index contributed by atoms with van der Waals surface area (Å²) >= 11 is 0. The molecule has 2 heterocycles. The molecule has 1 aliphatic rings. The number of nitrogen functional groups attached to an aromatic ring is 1. The number of anilines is 2. The lowest BCUT2D eigenvalue weighted by molar-refractivity contribution is 0.0875. The van der Waals surface area contributed by atoms with Gasteiger partial charge in [-0.15, -0.1) is 0 Å². The van der Waals surface area contributed by atoms with Crippen LogP contribution < -0.4 is 11.1 Å². The van der Waals surface area contributed by atoms with Gasteiger partial charge in [0.2, 0.25) is 5.95 Å². The fourth-order valence-corrected chi connectivity index (χ4v) is 1.65. The van der Waals surface area contributed by atoms with Gasteiger partial charge in [0.05, 0.1) is 12.6 Å². The number of nitrogens with two attached hydrogens (primary N) is 1. The van der Waals surface area contributed by atoms with Crippen LogP contribution in [-0.4, -0.2) is 29.2 Å². The molecular formula is C10H16N4O. The van der Waals surface area contributed by atoms with Gasteiger partial charge in [-0.25, -0.2) is 4.98 Å². The number of hydrogen-bond acceptors (Lipinski definition) is 5. The first-order chi connectivity index (χ1) is 7.25. The highest BCUT2D eigenvalue weighted by atomic mass is 16.5. The van der Waals surface area contributed by atoms with E-state index in [4.69, 9.17) is 10.5 Å². The number of ether oxygens (including phenoxy) is 1. The lowest BCUT2D eigenvalue weighted by atomic mass is 10.1. The SMILES string of the molecule is Cc1cnc(N)nc1NC1CCCOC1. The van der Waals surface area contributed by atoms with Crippen LogP contribution >= 0.6 is 0 Å². The van der Waals surface area contributed by atoms with Gasteiger partial charge >= 0.3 is 0 Å². The molecule has 3 N–H and O–H groups in total. The Bertz CT molecular complexity index is 336. The molecule has 1 unspecified atom stereocenters. The first-order valence-electron chi connectivity index (χ1n) is 5.19. The van der Waals surface area contributed by atoms with E-state index in [0.29, 0.717) is 12.0 Å². The molecule has 5 nitrogen and oxygen atoms in total. The number of aryl methyl sites for hydroxylation is 1. The Morgan fingerprint density at radius 1 is 1.60 bits per heavy atom. The first-order valence-corrected chi connectivity index (χ1v) is 5.19. The van der Waals surface area contributed by atoms with E-state index >= 15 is 0 Å². The highest BCUT2D eigenvalue weighted by molar-refractivity contribution is 5.45. The zero-order chi connectivity index (χ0) is 10.7. The second kappa shape index (κ2) is 4.44. The van der Waals surface area contributed by atoms with Crippen molar-refractivity contribution in [3.63, 3.8) is 0 Å². The van der Waals surface area contributed by atoms with Crippen molar-refractivity contribution in [2.24, 2.45) is 0 Å². The minimum Gasteiger partial charge on any atom is -0.379 e. The monoisotopic (exact) mass is 208 g/mol. The van der Waals surface area contributed by atoms with E-state index in [2.05, 4.69) is 15.3 Å². The van der Waals surface area contributed by atoms with Crippen LogP contribution in [0.1, 0.15) is 18.4 Å². The lowest BCUT2D eigenvalue weighted by Gasteiger charge is -2.24. The molecule has 1 fully saturated rings. The van der Waals surface area contributed by atoms with Crippen molar-refractivity contribution in [1.29, 1.82) is 0 Å². The Kier molecular flexibility index (Phi) is 3.01. The van der Waals surface area contributed by atoms with Crippen molar-refractivity contribution in [2.75, 3.05) is 24.3 Å². The number of nitrogens with one attached hydrogen (secondary N) is 1. The molecule has 1 atom stereocenters. The summed E-state index contributed by atoms with van der Waals surface area (Å²) in [6.07, 6.45) is 3.94. The maximum atomic E-state index is 5.54. The fourth-order valence-electron chi connectivity index (χ4n) is 1.65. The average Bonchev–Trinajstić information content (AvgIpc) is 2.25. The Morgan fingerprint density at radius 2 is 2.47 bits per heavy atom. The van der Waals surface area contributed by atoms with Gasteiger partial charge in [0, 0.05) is 18.4 Å². The molecule has 0 radical (unpaired) electrons. The minimum absolute atomic E-state index is 0.305. The van der Waals surface area contributed by atoms with E-state index in [-0.39, 0.29) is 0 Å². The van der Waals surface area contributed by atoms with Gasteiger partial charge < -0.3 is 15.8 Å². The zero-order valence-electron chi connectivity index (χ0n) is 8.86. The molecule has 5 heteroatoms.